The Morgan fingerprint density at radius 3 is 2.33 bits per heavy atom. The van der Waals surface area contributed by atoms with Crippen LogP contribution in [0.25, 0.3) is 44.3 Å². The van der Waals surface area contributed by atoms with E-state index in [1.54, 1.807) is 0 Å². The molecular formula is C31H31NO. The molecule has 0 atom stereocenters. The smallest absolute Gasteiger partial charge is 0.136 e. The van der Waals surface area contributed by atoms with Crippen LogP contribution in [-0.2, 0) is 11.8 Å². The second-order valence-electron chi connectivity index (χ2n) is 10.5. The van der Waals surface area contributed by atoms with Crippen molar-refractivity contribution in [2.75, 3.05) is 0 Å². The molecule has 2 aromatic heterocycles. The molecule has 5 aromatic rings. The fraction of sp³-hybridized carbons (Fsp3) is 0.258. The number of nitrogens with zero attached hydrogens (tertiary/aromatic N) is 1. The molecule has 2 heterocycles. The Morgan fingerprint density at radius 2 is 1.55 bits per heavy atom. The maximum absolute atomic E-state index is 6.26. The minimum Gasteiger partial charge on any atom is -0.456 e. The molecule has 5 rings (SSSR count). The van der Waals surface area contributed by atoms with Gasteiger partial charge in [0, 0.05) is 22.5 Å². The molecule has 0 unspecified atom stereocenters. The molecule has 0 spiro atoms. The summed E-state index contributed by atoms with van der Waals surface area (Å²) in [4.78, 5) is 4.64. The molecule has 0 saturated heterocycles. The van der Waals surface area contributed by atoms with Crippen molar-refractivity contribution in [3.05, 3.63) is 90.1 Å². The Morgan fingerprint density at radius 1 is 0.758 bits per heavy atom. The molecule has 0 fully saturated rings. The number of aromatic nitrogens is 1. The summed E-state index contributed by atoms with van der Waals surface area (Å²) in [5.74, 6) is 0.624. The van der Waals surface area contributed by atoms with Crippen LogP contribution in [0.15, 0.2) is 83.4 Å². The lowest BCUT2D eigenvalue weighted by Gasteiger charge is -2.19. The Balaban J connectivity index is 1.56. The van der Waals surface area contributed by atoms with Crippen LogP contribution in [0.5, 0.6) is 0 Å². The topological polar surface area (TPSA) is 26.0 Å². The van der Waals surface area contributed by atoms with Crippen LogP contribution in [0.3, 0.4) is 0 Å². The van der Waals surface area contributed by atoms with E-state index in [0.29, 0.717) is 5.92 Å². The number of benzene rings is 3. The molecule has 33 heavy (non-hydrogen) atoms. The minimum atomic E-state index is 0.121. The molecule has 0 aliphatic carbocycles. The van der Waals surface area contributed by atoms with Gasteiger partial charge in [-0.25, -0.2) is 0 Å². The van der Waals surface area contributed by atoms with E-state index in [1.807, 2.05) is 6.20 Å². The van der Waals surface area contributed by atoms with Crippen LogP contribution in [0.1, 0.15) is 45.7 Å². The SMILES string of the molecule is CC(C)Cc1ccnc(-c2ccc3oc4cc(-c5cccc(C(C)(C)C)c5)ccc4c3c2)c1. The van der Waals surface area contributed by atoms with Crippen molar-refractivity contribution < 1.29 is 4.42 Å². The van der Waals surface area contributed by atoms with Gasteiger partial charge in [0.05, 0.1) is 5.69 Å². The lowest BCUT2D eigenvalue weighted by atomic mass is 9.85. The van der Waals surface area contributed by atoms with Crippen LogP contribution < -0.4 is 0 Å². The van der Waals surface area contributed by atoms with Gasteiger partial charge < -0.3 is 4.42 Å². The fourth-order valence-electron chi connectivity index (χ4n) is 4.51. The van der Waals surface area contributed by atoms with E-state index in [0.717, 1.165) is 39.6 Å². The molecule has 0 radical (unpaired) electrons. The average molecular weight is 434 g/mol. The molecule has 166 valence electrons. The first-order valence-electron chi connectivity index (χ1n) is 11.8. The monoisotopic (exact) mass is 433 g/mol. The predicted molar refractivity (Wildman–Crippen MR) is 140 cm³/mol. The van der Waals surface area contributed by atoms with Crippen LogP contribution in [0.4, 0.5) is 0 Å². The van der Waals surface area contributed by atoms with E-state index in [9.17, 15) is 0 Å². The molecule has 0 amide bonds. The largest absolute Gasteiger partial charge is 0.456 e. The van der Waals surface area contributed by atoms with Gasteiger partial charge >= 0.3 is 0 Å². The van der Waals surface area contributed by atoms with Gasteiger partial charge in [0.2, 0.25) is 0 Å². The third-order valence-electron chi connectivity index (χ3n) is 6.30. The van der Waals surface area contributed by atoms with Gasteiger partial charge in [-0.1, -0.05) is 65.0 Å². The van der Waals surface area contributed by atoms with Crippen molar-refractivity contribution >= 4 is 21.9 Å². The maximum atomic E-state index is 6.26. The van der Waals surface area contributed by atoms with Crippen LogP contribution in [0.2, 0.25) is 0 Å². The Hall–Kier alpha value is -3.39. The average Bonchev–Trinajstić information content (AvgIpc) is 3.15. The van der Waals surface area contributed by atoms with Crippen molar-refractivity contribution in [3.8, 4) is 22.4 Å². The Bertz CT molecular complexity index is 1450. The van der Waals surface area contributed by atoms with Gasteiger partial charge in [0.1, 0.15) is 11.2 Å². The summed E-state index contributed by atoms with van der Waals surface area (Å²) in [6.07, 6.45) is 2.98. The summed E-state index contributed by atoms with van der Waals surface area (Å²) in [6, 6.07) is 26.1. The van der Waals surface area contributed by atoms with Crippen molar-refractivity contribution in [1.82, 2.24) is 4.98 Å². The summed E-state index contributed by atoms with van der Waals surface area (Å²) in [7, 11) is 0. The second kappa shape index (κ2) is 8.19. The van der Waals surface area contributed by atoms with E-state index in [4.69, 9.17) is 4.42 Å². The zero-order chi connectivity index (χ0) is 23.2. The third kappa shape index (κ3) is 4.30. The Labute approximate surface area is 196 Å². The number of fused-ring (bicyclic) bond motifs is 3. The van der Waals surface area contributed by atoms with E-state index in [1.165, 1.54) is 22.3 Å². The number of hydrogen-bond acceptors (Lipinski definition) is 2. The highest BCUT2D eigenvalue weighted by atomic mass is 16.3. The van der Waals surface area contributed by atoms with E-state index < -0.39 is 0 Å². The predicted octanol–water partition coefficient (Wildman–Crippen LogP) is 8.81. The zero-order valence-electron chi connectivity index (χ0n) is 20.1. The number of pyridine rings is 1. The van der Waals surface area contributed by atoms with Gasteiger partial charge in [-0.2, -0.15) is 0 Å². The highest BCUT2D eigenvalue weighted by Gasteiger charge is 2.15. The van der Waals surface area contributed by atoms with Gasteiger partial charge in [-0.3, -0.25) is 4.98 Å². The van der Waals surface area contributed by atoms with E-state index in [2.05, 4.69) is 112 Å². The van der Waals surface area contributed by atoms with Gasteiger partial charge in [-0.05, 0) is 82.5 Å². The van der Waals surface area contributed by atoms with Crippen molar-refractivity contribution in [2.45, 2.75) is 46.5 Å². The summed E-state index contributed by atoms with van der Waals surface area (Å²) in [6.45, 7) is 11.2. The molecule has 0 aliphatic rings. The molecule has 2 heteroatoms. The number of hydrogen-bond donors (Lipinski definition) is 0. The third-order valence-corrected chi connectivity index (χ3v) is 6.30. The van der Waals surface area contributed by atoms with Gasteiger partial charge in [0.25, 0.3) is 0 Å². The standard InChI is InChI=1S/C31H31NO/c1-20(2)15-21-13-14-32-28(16-21)24-10-12-29-27(18-24)26-11-9-23(19-30(26)33-29)22-7-6-8-25(17-22)31(3,4)5/h6-14,16-20H,15H2,1-5H3. The van der Waals surface area contributed by atoms with Crippen LogP contribution in [0, 0.1) is 5.92 Å². The first kappa shape index (κ1) is 21.5. The molecule has 2 nitrogen and oxygen atoms in total. The first-order valence-corrected chi connectivity index (χ1v) is 11.8. The van der Waals surface area contributed by atoms with Crippen molar-refractivity contribution in [1.29, 1.82) is 0 Å². The first-order chi connectivity index (χ1) is 15.8. The normalized spacial score (nSPS) is 12.2. The van der Waals surface area contributed by atoms with E-state index >= 15 is 0 Å². The summed E-state index contributed by atoms with van der Waals surface area (Å²) in [5.41, 5.74) is 9.15. The highest BCUT2D eigenvalue weighted by molar-refractivity contribution is 6.07. The second-order valence-corrected chi connectivity index (χ2v) is 10.5. The molecule has 0 bridgehead atoms. The van der Waals surface area contributed by atoms with Gasteiger partial charge in [0.15, 0.2) is 0 Å². The molecule has 0 aliphatic heterocycles. The molecule has 0 saturated carbocycles. The lowest BCUT2D eigenvalue weighted by Crippen LogP contribution is -2.10. The molecule has 0 N–H and O–H groups in total. The molecular weight excluding hydrogens is 402 g/mol. The van der Waals surface area contributed by atoms with Crippen molar-refractivity contribution in [2.24, 2.45) is 5.92 Å². The van der Waals surface area contributed by atoms with Crippen LogP contribution >= 0.6 is 0 Å². The van der Waals surface area contributed by atoms with E-state index in [-0.39, 0.29) is 5.41 Å². The van der Waals surface area contributed by atoms with Crippen LogP contribution in [-0.4, -0.2) is 4.98 Å². The van der Waals surface area contributed by atoms with Gasteiger partial charge in [-0.15, -0.1) is 0 Å². The zero-order valence-corrected chi connectivity index (χ0v) is 20.1. The summed E-state index contributed by atoms with van der Waals surface area (Å²) in [5, 5.41) is 2.27. The quantitative estimate of drug-likeness (QED) is 0.283. The summed E-state index contributed by atoms with van der Waals surface area (Å²) >= 11 is 0. The summed E-state index contributed by atoms with van der Waals surface area (Å²) < 4.78 is 6.26. The molecule has 3 aromatic carbocycles. The number of furan rings is 1. The lowest BCUT2D eigenvalue weighted by molar-refractivity contribution is 0.590. The minimum absolute atomic E-state index is 0.121. The number of rotatable bonds is 4. The highest BCUT2D eigenvalue weighted by Crippen LogP contribution is 2.35. The Kier molecular flexibility index (Phi) is 5.32. The van der Waals surface area contributed by atoms with Crippen molar-refractivity contribution in [3.63, 3.8) is 0 Å². The fourth-order valence-corrected chi connectivity index (χ4v) is 4.51. The maximum Gasteiger partial charge on any atom is 0.136 e.